The van der Waals surface area contributed by atoms with Gasteiger partial charge in [-0.3, -0.25) is 14.2 Å². The number of benzene rings is 2. The molecule has 0 spiro atoms. The van der Waals surface area contributed by atoms with Crippen molar-refractivity contribution < 1.29 is 19.0 Å². The number of amides is 1. The monoisotopic (exact) mass is 473 g/mol. The van der Waals surface area contributed by atoms with Gasteiger partial charge in [-0.05, 0) is 43.3 Å². The lowest BCUT2D eigenvalue weighted by Crippen LogP contribution is -2.42. The van der Waals surface area contributed by atoms with Crippen molar-refractivity contribution in [1.82, 2.24) is 14.5 Å². The maximum absolute atomic E-state index is 13.2. The molecule has 3 aromatic rings. The van der Waals surface area contributed by atoms with Gasteiger partial charge in [0.25, 0.3) is 11.5 Å². The minimum atomic E-state index is -0.504. The summed E-state index contributed by atoms with van der Waals surface area (Å²) in [5, 5.41) is 1.10. The first kappa shape index (κ1) is 24.7. The van der Waals surface area contributed by atoms with Crippen molar-refractivity contribution in [3.63, 3.8) is 0 Å². The number of carbonyl (C=O) groups is 1. The number of carbonyl (C=O) groups excluding carboxylic acids is 1. The average molecular weight is 474 g/mol. The molecule has 0 aliphatic rings. The van der Waals surface area contributed by atoms with Crippen molar-refractivity contribution in [2.24, 2.45) is 0 Å². The molecule has 2 aromatic carbocycles. The standard InChI is InChI=1S/C24H28ClN3O5/c1-17(23-26-21-7-5-4-6-20(21)24(30)28(23)13-15-32-3)27(12-14-31-2)22(29)16-33-19-10-8-18(25)9-11-19/h4-11,17H,12-16H2,1-3H3. The van der Waals surface area contributed by atoms with E-state index in [0.717, 1.165) is 0 Å². The molecular formula is C24H28ClN3O5. The normalized spacial score (nSPS) is 12.0. The second-order valence-corrected chi connectivity index (χ2v) is 7.87. The molecule has 0 bridgehead atoms. The number of hydrogen-bond donors (Lipinski definition) is 0. The van der Waals surface area contributed by atoms with E-state index in [4.69, 9.17) is 30.8 Å². The topological polar surface area (TPSA) is 82.9 Å². The number of fused-ring (bicyclic) bond motifs is 1. The van der Waals surface area contributed by atoms with Gasteiger partial charge in [0.2, 0.25) is 0 Å². The molecule has 0 fully saturated rings. The summed E-state index contributed by atoms with van der Waals surface area (Å²) in [4.78, 5) is 32.7. The van der Waals surface area contributed by atoms with Crippen molar-refractivity contribution >= 4 is 28.4 Å². The van der Waals surface area contributed by atoms with Gasteiger partial charge in [-0.25, -0.2) is 4.98 Å². The van der Waals surface area contributed by atoms with Gasteiger partial charge in [-0.1, -0.05) is 23.7 Å². The zero-order chi connectivity index (χ0) is 23.8. The van der Waals surface area contributed by atoms with E-state index < -0.39 is 6.04 Å². The molecule has 0 saturated heterocycles. The molecule has 1 amide bonds. The first-order chi connectivity index (χ1) is 16.0. The van der Waals surface area contributed by atoms with Crippen LogP contribution in [0.15, 0.2) is 53.3 Å². The van der Waals surface area contributed by atoms with Crippen molar-refractivity contribution in [2.45, 2.75) is 19.5 Å². The third-order valence-corrected chi connectivity index (χ3v) is 5.54. The number of rotatable bonds is 11. The molecule has 8 nitrogen and oxygen atoms in total. The molecule has 3 rings (SSSR count). The Bertz CT molecular complexity index is 1130. The highest BCUT2D eigenvalue weighted by atomic mass is 35.5. The zero-order valence-electron chi connectivity index (χ0n) is 19.0. The maximum atomic E-state index is 13.2. The van der Waals surface area contributed by atoms with E-state index in [1.807, 2.05) is 13.0 Å². The summed E-state index contributed by atoms with van der Waals surface area (Å²) in [6.07, 6.45) is 0. The lowest BCUT2D eigenvalue weighted by atomic mass is 10.2. The van der Waals surface area contributed by atoms with E-state index in [1.165, 1.54) is 0 Å². The van der Waals surface area contributed by atoms with Gasteiger partial charge in [0.05, 0.1) is 36.7 Å². The summed E-state index contributed by atoms with van der Waals surface area (Å²) in [6.45, 7) is 2.97. The SMILES string of the molecule is COCCN(C(=O)COc1ccc(Cl)cc1)C(C)c1nc2ccccc2c(=O)n1CCOC. The minimum Gasteiger partial charge on any atom is -0.484 e. The molecule has 9 heteroatoms. The molecule has 0 N–H and O–H groups in total. The summed E-state index contributed by atoms with van der Waals surface area (Å²) in [5.41, 5.74) is 0.408. The van der Waals surface area contributed by atoms with Crippen LogP contribution in [0.3, 0.4) is 0 Å². The van der Waals surface area contributed by atoms with Crippen LogP contribution in [-0.2, 0) is 20.8 Å². The maximum Gasteiger partial charge on any atom is 0.261 e. The van der Waals surface area contributed by atoms with Crippen molar-refractivity contribution in [1.29, 1.82) is 0 Å². The van der Waals surface area contributed by atoms with Crippen molar-refractivity contribution in [3.8, 4) is 5.75 Å². The quantitative estimate of drug-likeness (QED) is 0.425. The van der Waals surface area contributed by atoms with Crippen molar-refractivity contribution in [2.75, 3.05) is 40.6 Å². The van der Waals surface area contributed by atoms with E-state index >= 15 is 0 Å². The van der Waals surface area contributed by atoms with Gasteiger partial charge >= 0.3 is 0 Å². The van der Waals surface area contributed by atoms with Crippen LogP contribution >= 0.6 is 11.6 Å². The fourth-order valence-electron chi connectivity index (χ4n) is 3.52. The Morgan fingerprint density at radius 1 is 1.09 bits per heavy atom. The molecule has 0 aliphatic carbocycles. The number of halogens is 1. The molecule has 33 heavy (non-hydrogen) atoms. The highest BCUT2D eigenvalue weighted by Gasteiger charge is 2.26. The Morgan fingerprint density at radius 3 is 2.48 bits per heavy atom. The number of para-hydroxylation sites is 1. The Hall–Kier alpha value is -2.94. The first-order valence-corrected chi connectivity index (χ1v) is 11.0. The smallest absolute Gasteiger partial charge is 0.261 e. The highest BCUT2D eigenvalue weighted by molar-refractivity contribution is 6.30. The Morgan fingerprint density at radius 2 is 1.79 bits per heavy atom. The van der Waals surface area contributed by atoms with Gasteiger partial charge in [0, 0.05) is 25.8 Å². The third-order valence-electron chi connectivity index (χ3n) is 5.28. The zero-order valence-corrected chi connectivity index (χ0v) is 19.7. The second kappa shape index (κ2) is 11.8. The number of ether oxygens (including phenoxy) is 3. The largest absolute Gasteiger partial charge is 0.484 e. The Kier molecular flexibility index (Phi) is 8.82. The van der Waals surface area contributed by atoms with Gasteiger partial charge < -0.3 is 19.1 Å². The number of aromatic nitrogens is 2. The third kappa shape index (κ3) is 6.10. The highest BCUT2D eigenvalue weighted by Crippen LogP contribution is 2.21. The molecular weight excluding hydrogens is 446 g/mol. The summed E-state index contributed by atoms with van der Waals surface area (Å²) in [7, 11) is 3.14. The van der Waals surface area contributed by atoms with Crippen LogP contribution in [-0.4, -0.2) is 60.9 Å². The minimum absolute atomic E-state index is 0.170. The van der Waals surface area contributed by atoms with Crippen LogP contribution in [0.1, 0.15) is 18.8 Å². The lowest BCUT2D eigenvalue weighted by molar-refractivity contribution is -0.136. The molecule has 176 valence electrons. The van der Waals surface area contributed by atoms with Crippen LogP contribution in [0.5, 0.6) is 5.75 Å². The van der Waals surface area contributed by atoms with Crippen LogP contribution in [0, 0.1) is 0 Å². The van der Waals surface area contributed by atoms with Gasteiger partial charge in [0.1, 0.15) is 11.6 Å². The summed E-state index contributed by atoms with van der Waals surface area (Å²) in [5.74, 6) is 0.759. The molecule has 0 saturated carbocycles. The fraction of sp³-hybridized carbons (Fsp3) is 0.375. The fourth-order valence-corrected chi connectivity index (χ4v) is 3.65. The molecule has 1 heterocycles. The Labute approximate surface area is 197 Å². The lowest BCUT2D eigenvalue weighted by Gasteiger charge is -2.30. The van der Waals surface area contributed by atoms with Crippen LogP contribution < -0.4 is 10.3 Å². The molecule has 1 unspecified atom stereocenters. The predicted octanol–water partition coefficient (Wildman–Crippen LogP) is 3.31. The van der Waals surface area contributed by atoms with E-state index in [2.05, 4.69) is 0 Å². The van der Waals surface area contributed by atoms with Crippen LogP contribution in [0.2, 0.25) is 5.02 Å². The molecule has 1 aromatic heterocycles. The first-order valence-electron chi connectivity index (χ1n) is 10.6. The average Bonchev–Trinajstić information content (AvgIpc) is 2.83. The predicted molar refractivity (Wildman–Crippen MR) is 127 cm³/mol. The molecule has 0 radical (unpaired) electrons. The van der Waals surface area contributed by atoms with E-state index in [0.29, 0.717) is 53.8 Å². The van der Waals surface area contributed by atoms with E-state index in [1.54, 1.807) is 66.2 Å². The van der Waals surface area contributed by atoms with E-state index in [9.17, 15) is 9.59 Å². The summed E-state index contributed by atoms with van der Waals surface area (Å²) in [6, 6.07) is 13.5. The van der Waals surface area contributed by atoms with Crippen LogP contribution in [0.4, 0.5) is 0 Å². The molecule has 0 aliphatic heterocycles. The number of hydrogen-bond acceptors (Lipinski definition) is 6. The van der Waals surface area contributed by atoms with Crippen molar-refractivity contribution in [3.05, 3.63) is 69.7 Å². The summed E-state index contributed by atoms with van der Waals surface area (Å²) < 4.78 is 17.6. The second-order valence-electron chi connectivity index (χ2n) is 7.44. The molecule has 1 atom stereocenters. The number of nitrogens with zero attached hydrogens (tertiary/aromatic N) is 3. The summed E-state index contributed by atoms with van der Waals surface area (Å²) >= 11 is 5.91. The van der Waals surface area contributed by atoms with Gasteiger partial charge in [0.15, 0.2) is 6.61 Å². The van der Waals surface area contributed by atoms with E-state index in [-0.39, 0.29) is 18.1 Å². The Balaban J connectivity index is 1.92. The van der Waals surface area contributed by atoms with Gasteiger partial charge in [-0.2, -0.15) is 0 Å². The van der Waals surface area contributed by atoms with Gasteiger partial charge in [-0.15, -0.1) is 0 Å². The number of methoxy groups -OCH3 is 2. The van der Waals surface area contributed by atoms with Crippen LogP contribution in [0.25, 0.3) is 10.9 Å².